The van der Waals surface area contributed by atoms with Crippen LogP contribution in [-0.2, 0) is 16.1 Å². The van der Waals surface area contributed by atoms with Gasteiger partial charge in [-0.15, -0.1) is 0 Å². The molecule has 1 aliphatic heterocycles. The van der Waals surface area contributed by atoms with E-state index in [4.69, 9.17) is 9.72 Å². The molecule has 0 saturated carbocycles. The van der Waals surface area contributed by atoms with Crippen LogP contribution in [0.15, 0.2) is 29.4 Å². The molecule has 3 rings (SSSR count). The monoisotopic (exact) mass is 347 g/mol. The van der Waals surface area contributed by atoms with Crippen LogP contribution >= 0.6 is 11.8 Å². The number of aromatic nitrogens is 2. The fourth-order valence-corrected chi connectivity index (χ4v) is 3.87. The molecule has 6 heteroatoms. The van der Waals surface area contributed by atoms with Gasteiger partial charge in [-0.2, -0.15) is 0 Å². The van der Waals surface area contributed by atoms with Crippen LogP contribution in [0.5, 0.6) is 0 Å². The third-order valence-electron chi connectivity index (χ3n) is 4.29. The van der Waals surface area contributed by atoms with Gasteiger partial charge < -0.3 is 14.2 Å². The van der Waals surface area contributed by atoms with Crippen molar-refractivity contribution in [3.8, 4) is 0 Å². The summed E-state index contributed by atoms with van der Waals surface area (Å²) in [5, 5.41) is 0.953. The molecule has 0 atom stereocenters. The summed E-state index contributed by atoms with van der Waals surface area (Å²) in [5.74, 6) is 0.618. The van der Waals surface area contributed by atoms with Gasteiger partial charge in [-0.3, -0.25) is 4.79 Å². The molecule has 0 radical (unpaired) electrons. The Bertz CT molecular complexity index is 680. The van der Waals surface area contributed by atoms with E-state index >= 15 is 0 Å². The Morgan fingerprint density at radius 2 is 2.04 bits per heavy atom. The standard InChI is InChI=1S/C18H25N3O2S/c1-2-3-6-9-21-16-8-5-4-7-15(16)19-18(21)24-14-17(22)20-10-12-23-13-11-20/h4-5,7-8H,2-3,6,9-14H2,1H3. The number of benzene rings is 1. The molecule has 5 nitrogen and oxygen atoms in total. The van der Waals surface area contributed by atoms with E-state index in [9.17, 15) is 4.79 Å². The van der Waals surface area contributed by atoms with Crippen LogP contribution in [-0.4, -0.2) is 52.4 Å². The van der Waals surface area contributed by atoms with Crippen molar-refractivity contribution in [3.63, 3.8) is 0 Å². The van der Waals surface area contributed by atoms with E-state index in [1.165, 1.54) is 12.8 Å². The quantitative estimate of drug-likeness (QED) is 0.570. The van der Waals surface area contributed by atoms with Crippen LogP contribution in [0.1, 0.15) is 26.2 Å². The fourth-order valence-electron chi connectivity index (χ4n) is 2.93. The summed E-state index contributed by atoms with van der Waals surface area (Å²) in [6.45, 7) is 5.86. The van der Waals surface area contributed by atoms with E-state index in [0.29, 0.717) is 32.1 Å². The third-order valence-corrected chi connectivity index (χ3v) is 5.25. The number of nitrogens with zero attached hydrogens (tertiary/aromatic N) is 3. The topological polar surface area (TPSA) is 47.4 Å². The Morgan fingerprint density at radius 1 is 1.25 bits per heavy atom. The van der Waals surface area contributed by atoms with Gasteiger partial charge in [-0.25, -0.2) is 4.98 Å². The molecule has 0 spiro atoms. The van der Waals surface area contributed by atoms with E-state index in [2.05, 4.69) is 17.6 Å². The summed E-state index contributed by atoms with van der Waals surface area (Å²) in [6, 6.07) is 8.22. The van der Waals surface area contributed by atoms with E-state index in [0.717, 1.165) is 29.2 Å². The van der Waals surface area contributed by atoms with Crippen molar-refractivity contribution in [2.45, 2.75) is 37.9 Å². The Morgan fingerprint density at radius 3 is 2.83 bits per heavy atom. The van der Waals surface area contributed by atoms with Gasteiger partial charge in [0, 0.05) is 19.6 Å². The third kappa shape index (κ3) is 4.11. The van der Waals surface area contributed by atoms with Gasteiger partial charge in [0.2, 0.25) is 5.91 Å². The number of thioether (sulfide) groups is 1. The molecule has 2 aromatic rings. The maximum Gasteiger partial charge on any atom is 0.233 e. The van der Waals surface area contributed by atoms with E-state index in [1.807, 2.05) is 23.1 Å². The lowest BCUT2D eigenvalue weighted by molar-refractivity contribution is -0.132. The lowest BCUT2D eigenvalue weighted by Gasteiger charge is -2.26. The van der Waals surface area contributed by atoms with Crippen molar-refractivity contribution in [2.75, 3.05) is 32.1 Å². The van der Waals surface area contributed by atoms with Crippen LogP contribution in [0, 0.1) is 0 Å². The van der Waals surface area contributed by atoms with Gasteiger partial charge in [-0.1, -0.05) is 43.7 Å². The first-order chi connectivity index (χ1) is 11.8. The summed E-state index contributed by atoms with van der Waals surface area (Å²) in [6.07, 6.45) is 3.55. The molecule has 1 aromatic heterocycles. The number of carbonyl (C=O) groups is 1. The lowest BCUT2D eigenvalue weighted by atomic mass is 10.2. The molecular formula is C18H25N3O2S. The molecule has 0 aliphatic carbocycles. The summed E-state index contributed by atoms with van der Waals surface area (Å²) in [5.41, 5.74) is 2.17. The highest BCUT2D eigenvalue weighted by atomic mass is 32.2. The van der Waals surface area contributed by atoms with Gasteiger partial charge >= 0.3 is 0 Å². The minimum Gasteiger partial charge on any atom is -0.378 e. The van der Waals surface area contributed by atoms with Crippen molar-refractivity contribution < 1.29 is 9.53 Å². The van der Waals surface area contributed by atoms with Gasteiger partial charge in [0.05, 0.1) is 30.0 Å². The van der Waals surface area contributed by atoms with E-state index < -0.39 is 0 Å². The molecule has 0 bridgehead atoms. The number of hydrogen-bond acceptors (Lipinski definition) is 4. The second-order valence-corrected chi connectivity index (χ2v) is 6.97. The highest BCUT2D eigenvalue weighted by molar-refractivity contribution is 7.99. The molecule has 24 heavy (non-hydrogen) atoms. The molecule has 1 saturated heterocycles. The highest BCUT2D eigenvalue weighted by Gasteiger charge is 2.18. The molecule has 1 amide bonds. The zero-order chi connectivity index (χ0) is 16.8. The molecule has 1 aliphatic rings. The fraction of sp³-hybridized carbons (Fsp3) is 0.556. The number of para-hydroxylation sites is 2. The maximum absolute atomic E-state index is 12.4. The van der Waals surface area contributed by atoms with Gasteiger partial charge in [-0.05, 0) is 18.6 Å². The predicted octanol–water partition coefficient (Wildman–Crippen LogP) is 3.18. The largest absolute Gasteiger partial charge is 0.378 e. The summed E-state index contributed by atoms with van der Waals surface area (Å²) in [4.78, 5) is 19.0. The first-order valence-corrected chi connectivity index (χ1v) is 9.71. The number of hydrogen-bond donors (Lipinski definition) is 0. The number of rotatable bonds is 7. The number of fused-ring (bicyclic) bond motifs is 1. The van der Waals surface area contributed by atoms with Gasteiger partial charge in [0.15, 0.2) is 5.16 Å². The first-order valence-electron chi connectivity index (χ1n) is 8.73. The molecule has 1 fully saturated rings. The Labute approximate surface area is 147 Å². The van der Waals surface area contributed by atoms with Crippen LogP contribution < -0.4 is 0 Å². The number of aryl methyl sites for hydroxylation is 1. The van der Waals surface area contributed by atoms with E-state index in [1.54, 1.807) is 11.8 Å². The molecular weight excluding hydrogens is 322 g/mol. The molecule has 2 heterocycles. The Hall–Kier alpha value is -1.53. The first kappa shape index (κ1) is 17.3. The van der Waals surface area contributed by atoms with Gasteiger partial charge in [0.25, 0.3) is 0 Å². The number of morpholine rings is 1. The average Bonchev–Trinajstić information content (AvgIpc) is 2.98. The number of amides is 1. The number of carbonyl (C=O) groups excluding carboxylic acids is 1. The summed E-state index contributed by atoms with van der Waals surface area (Å²) in [7, 11) is 0. The number of ether oxygens (including phenoxy) is 1. The van der Waals surface area contributed by atoms with Gasteiger partial charge in [0.1, 0.15) is 0 Å². The lowest BCUT2D eigenvalue weighted by Crippen LogP contribution is -2.41. The number of imidazole rings is 1. The van der Waals surface area contributed by atoms with Crippen molar-refractivity contribution in [1.82, 2.24) is 14.5 Å². The maximum atomic E-state index is 12.4. The van der Waals surface area contributed by atoms with Crippen molar-refractivity contribution in [3.05, 3.63) is 24.3 Å². The second-order valence-electron chi connectivity index (χ2n) is 6.02. The smallest absolute Gasteiger partial charge is 0.233 e. The Kier molecular flexibility index (Phi) is 6.15. The second kappa shape index (κ2) is 8.53. The van der Waals surface area contributed by atoms with Crippen LogP contribution in [0.25, 0.3) is 11.0 Å². The minimum atomic E-state index is 0.176. The van der Waals surface area contributed by atoms with Crippen molar-refractivity contribution in [1.29, 1.82) is 0 Å². The normalized spacial score (nSPS) is 15.1. The molecule has 1 aromatic carbocycles. The summed E-state index contributed by atoms with van der Waals surface area (Å²) >= 11 is 1.55. The molecule has 0 N–H and O–H groups in total. The van der Waals surface area contributed by atoms with Crippen LogP contribution in [0.2, 0.25) is 0 Å². The SMILES string of the molecule is CCCCCn1c(SCC(=O)N2CCOCC2)nc2ccccc21. The summed E-state index contributed by atoms with van der Waals surface area (Å²) < 4.78 is 7.58. The molecule has 0 unspecified atom stereocenters. The zero-order valence-electron chi connectivity index (χ0n) is 14.2. The minimum absolute atomic E-state index is 0.176. The molecule has 130 valence electrons. The Balaban J connectivity index is 1.70. The predicted molar refractivity (Wildman–Crippen MR) is 97.4 cm³/mol. The van der Waals surface area contributed by atoms with Crippen LogP contribution in [0.3, 0.4) is 0 Å². The average molecular weight is 347 g/mol. The highest BCUT2D eigenvalue weighted by Crippen LogP contribution is 2.25. The number of unbranched alkanes of at least 4 members (excludes halogenated alkanes) is 2. The van der Waals surface area contributed by atoms with E-state index in [-0.39, 0.29) is 5.91 Å². The van der Waals surface area contributed by atoms with Crippen molar-refractivity contribution >= 4 is 28.7 Å². The van der Waals surface area contributed by atoms with Crippen LogP contribution in [0.4, 0.5) is 0 Å². The zero-order valence-corrected chi connectivity index (χ0v) is 15.1. The van der Waals surface area contributed by atoms with Crippen molar-refractivity contribution in [2.24, 2.45) is 0 Å².